The molecule has 0 unspecified atom stereocenters. The highest BCUT2D eigenvalue weighted by molar-refractivity contribution is 9.10. The predicted molar refractivity (Wildman–Crippen MR) is 71.7 cm³/mol. The number of halogens is 1. The highest BCUT2D eigenvalue weighted by Gasteiger charge is 2.20. The zero-order valence-electron chi connectivity index (χ0n) is 10.3. The number of rotatable bonds is 6. The van der Waals surface area contributed by atoms with Gasteiger partial charge in [0.1, 0.15) is 0 Å². The number of ether oxygens (including phenoxy) is 2. The second kappa shape index (κ2) is 5.74. The second-order valence-corrected chi connectivity index (χ2v) is 5.04. The van der Waals surface area contributed by atoms with E-state index >= 15 is 0 Å². The van der Waals surface area contributed by atoms with Crippen molar-refractivity contribution in [3.63, 3.8) is 0 Å². The van der Waals surface area contributed by atoms with Gasteiger partial charge in [0.2, 0.25) is 0 Å². The second-order valence-electron chi connectivity index (χ2n) is 4.18. The first kappa shape index (κ1) is 12.7. The van der Waals surface area contributed by atoms with Gasteiger partial charge < -0.3 is 14.8 Å². The molecule has 1 fully saturated rings. The van der Waals surface area contributed by atoms with Crippen LogP contribution in [0.4, 0.5) is 0 Å². The van der Waals surface area contributed by atoms with Crippen molar-refractivity contribution in [3.05, 3.63) is 22.2 Å². The van der Waals surface area contributed by atoms with Crippen LogP contribution >= 0.6 is 15.9 Å². The highest BCUT2D eigenvalue weighted by Crippen LogP contribution is 2.34. The summed E-state index contributed by atoms with van der Waals surface area (Å²) in [7, 11) is 1.66. The van der Waals surface area contributed by atoms with E-state index in [1.807, 2.05) is 19.1 Å². The van der Waals surface area contributed by atoms with Crippen molar-refractivity contribution >= 4 is 15.9 Å². The molecule has 0 spiro atoms. The molecule has 2 rings (SSSR count). The molecule has 94 valence electrons. The standard InChI is InChI=1S/C13H18BrNO2/c1-3-17-13-6-9(8-15-10-4-5-10)11(14)7-12(13)16-2/h6-7,10,15H,3-5,8H2,1-2H3. The summed E-state index contributed by atoms with van der Waals surface area (Å²) in [5.41, 5.74) is 1.21. The molecular formula is C13H18BrNO2. The van der Waals surface area contributed by atoms with Crippen LogP contribution in [0.1, 0.15) is 25.3 Å². The third-order valence-electron chi connectivity index (χ3n) is 2.79. The molecule has 1 N–H and O–H groups in total. The Balaban J connectivity index is 2.14. The molecule has 1 aromatic rings. The van der Waals surface area contributed by atoms with Gasteiger partial charge in [-0.3, -0.25) is 0 Å². The number of nitrogens with one attached hydrogen (secondary N) is 1. The van der Waals surface area contributed by atoms with Crippen molar-refractivity contribution in [2.75, 3.05) is 13.7 Å². The fraction of sp³-hybridized carbons (Fsp3) is 0.538. The molecule has 1 aromatic carbocycles. The molecule has 1 saturated carbocycles. The third-order valence-corrected chi connectivity index (χ3v) is 3.53. The van der Waals surface area contributed by atoms with Gasteiger partial charge in [-0.2, -0.15) is 0 Å². The quantitative estimate of drug-likeness (QED) is 0.875. The van der Waals surface area contributed by atoms with Gasteiger partial charge in [-0.1, -0.05) is 15.9 Å². The van der Waals surface area contributed by atoms with E-state index in [1.54, 1.807) is 7.11 Å². The summed E-state index contributed by atoms with van der Waals surface area (Å²) in [6.07, 6.45) is 2.60. The van der Waals surface area contributed by atoms with Gasteiger partial charge in [-0.05, 0) is 37.5 Å². The van der Waals surface area contributed by atoms with Crippen LogP contribution in [0.3, 0.4) is 0 Å². The zero-order chi connectivity index (χ0) is 12.3. The first-order valence-electron chi connectivity index (χ1n) is 5.97. The molecule has 0 atom stereocenters. The molecule has 0 aromatic heterocycles. The van der Waals surface area contributed by atoms with Crippen molar-refractivity contribution in [2.24, 2.45) is 0 Å². The van der Waals surface area contributed by atoms with E-state index in [4.69, 9.17) is 9.47 Å². The first-order valence-corrected chi connectivity index (χ1v) is 6.76. The average Bonchev–Trinajstić information content (AvgIpc) is 3.13. The van der Waals surface area contributed by atoms with Crippen LogP contribution in [0.25, 0.3) is 0 Å². The van der Waals surface area contributed by atoms with E-state index in [9.17, 15) is 0 Å². The minimum atomic E-state index is 0.646. The largest absolute Gasteiger partial charge is 0.493 e. The highest BCUT2D eigenvalue weighted by atomic mass is 79.9. The summed E-state index contributed by atoms with van der Waals surface area (Å²) in [6, 6.07) is 4.72. The van der Waals surface area contributed by atoms with Crippen LogP contribution in [-0.4, -0.2) is 19.8 Å². The summed E-state index contributed by atoms with van der Waals surface area (Å²) in [5.74, 6) is 1.58. The Hall–Kier alpha value is -0.740. The Morgan fingerprint density at radius 2 is 2.12 bits per heavy atom. The van der Waals surface area contributed by atoms with Crippen molar-refractivity contribution in [2.45, 2.75) is 32.4 Å². The Kier molecular flexibility index (Phi) is 4.29. The van der Waals surface area contributed by atoms with Crippen LogP contribution in [0.15, 0.2) is 16.6 Å². The van der Waals surface area contributed by atoms with Gasteiger partial charge >= 0.3 is 0 Å². The lowest BCUT2D eigenvalue weighted by molar-refractivity contribution is 0.310. The lowest BCUT2D eigenvalue weighted by Gasteiger charge is -2.13. The smallest absolute Gasteiger partial charge is 0.161 e. The predicted octanol–water partition coefficient (Wildman–Crippen LogP) is 3.11. The number of hydrogen-bond acceptors (Lipinski definition) is 3. The SMILES string of the molecule is CCOc1cc(CNC2CC2)c(Br)cc1OC. The molecule has 3 nitrogen and oxygen atoms in total. The van der Waals surface area contributed by atoms with Crippen molar-refractivity contribution in [1.29, 1.82) is 0 Å². The summed E-state index contributed by atoms with van der Waals surface area (Å²) >= 11 is 3.57. The van der Waals surface area contributed by atoms with Crippen LogP contribution in [0.5, 0.6) is 11.5 Å². The molecule has 17 heavy (non-hydrogen) atoms. The van der Waals surface area contributed by atoms with E-state index in [0.717, 1.165) is 22.5 Å². The number of methoxy groups -OCH3 is 1. The van der Waals surface area contributed by atoms with Crippen LogP contribution < -0.4 is 14.8 Å². The summed E-state index contributed by atoms with van der Waals surface area (Å²) < 4.78 is 11.9. The van der Waals surface area contributed by atoms with Gasteiger partial charge in [0.25, 0.3) is 0 Å². The summed E-state index contributed by atoms with van der Waals surface area (Å²) in [4.78, 5) is 0. The molecule has 4 heteroatoms. The molecule has 0 aliphatic heterocycles. The lowest BCUT2D eigenvalue weighted by atomic mass is 10.2. The van der Waals surface area contributed by atoms with Gasteiger partial charge in [-0.25, -0.2) is 0 Å². The molecule has 0 heterocycles. The van der Waals surface area contributed by atoms with E-state index < -0.39 is 0 Å². The average molecular weight is 300 g/mol. The maximum absolute atomic E-state index is 5.57. The molecule has 0 amide bonds. The van der Waals surface area contributed by atoms with Gasteiger partial charge in [0.15, 0.2) is 11.5 Å². The molecular weight excluding hydrogens is 282 g/mol. The van der Waals surface area contributed by atoms with E-state index in [1.165, 1.54) is 18.4 Å². The first-order chi connectivity index (χ1) is 8.24. The molecule has 1 aliphatic carbocycles. The fourth-order valence-corrected chi connectivity index (χ4v) is 2.14. The summed E-state index contributed by atoms with van der Waals surface area (Å²) in [5, 5.41) is 3.49. The van der Waals surface area contributed by atoms with Gasteiger partial charge in [0.05, 0.1) is 13.7 Å². The third kappa shape index (κ3) is 3.36. The lowest BCUT2D eigenvalue weighted by Crippen LogP contribution is -2.15. The minimum absolute atomic E-state index is 0.646. The van der Waals surface area contributed by atoms with Gasteiger partial charge in [0, 0.05) is 17.1 Å². The maximum atomic E-state index is 5.57. The Bertz CT molecular complexity index is 391. The normalized spacial score (nSPS) is 14.8. The van der Waals surface area contributed by atoms with Crippen LogP contribution in [0.2, 0.25) is 0 Å². The molecule has 0 bridgehead atoms. The van der Waals surface area contributed by atoms with Crippen molar-refractivity contribution in [1.82, 2.24) is 5.32 Å². The fourth-order valence-electron chi connectivity index (χ4n) is 1.68. The minimum Gasteiger partial charge on any atom is -0.493 e. The maximum Gasteiger partial charge on any atom is 0.161 e. The van der Waals surface area contributed by atoms with Crippen molar-refractivity contribution in [3.8, 4) is 11.5 Å². The Morgan fingerprint density at radius 3 is 2.71 bits per heavy atom. The van der Waals surface area contributed by atoms with Gasteiger partial charge in [-0.15, -0.1) is 0 Å². The van der Waals surface area contributed by atoms with Crippen molar-refractivity contribution < 1.29 is 9.47 Å². The van der Waals surface area contributed by atoms with Crippen LogP contribution in [0, 0.1) is 0 Å². The van der Waals surface area contributed by atoms with E-state index in [0.29, 0.717) is 12.6 Å². The number of hydrogen-bond donors (Lipinski definition) is 1. The molecule has 0 radical (unpaired) electrons. The zero-order valence-corrected chi connectivity index (χ0v) is 11.8. The Morgan fingerprint density at radius 1 is 1.35 bits per heavy atom. The van der Waals surface area contributed by atoms with E-state index in [2.05, 4.69) is 21.2 Å². The summed E-state index contributed by atoms with van der Waals surface area (Å²) in [6.45, 7) is 3.49. The monoisotopic (exact) mass is 299 g/mol. The molecule has 1 aliphatic rings. The van der Waals surface area contributed by atoms with E-state index in [-0.39, 0.29) is 0 Å². The molecule has 0 saturated heterocycles. The van der Waals surface area contributed by atoms with Crippen LogP contribution in [-0.2, 0) is 6.54 Å². The number of benzene rings is 1. The topological polar surface area (TPSA) is 30.5 Å². The Labute approximate surface area is 111 Å².